The Morgan fingerprint density at radius 1 is 1.53 bits per heavy atom. The maximum Gasteiger partial charge on any atom is 0.121 e. The molecule has 0 amide bonds. The van der Waals surface area contributed by atoms with Gasteiger partial charge in [0.15, 0.2) is 0 Å². The van der Waals surface area contributed by atoms with E-state index >= 15 is 0 Å². The Morgan fingerprint density at radius 3 is 3.07 bits per heavy atom. The van der Waals surface area contributed by atoms with Gasteiger partial charge in [0.1, 0.15) is 17.4 Å². The molecule has 0 saturated carbocycles. The van der Waals surface area contributed by atoms with Gasteiger partial charge in [0.25, 0.3) is 0 Å². The van der Waals surface area contributed by atoms with Crippen LogP contribution in [-0.4, -0.2) is 23.8 Å². The maximum atomic E-state index is 9.43. The van der Waals surface area contributed by atoms with Crippen molar-refractivity contribution < 1.29 is 9.84 Å². The second-order valence-electron chi connectivity index (χ2n) is 3.09. The van der Waals surface area contributed by atoms with Crippen LogP contribution in [0.3, 0.4) is 0 Å². The fraction of sp³-hybridized carbons (Fsp3) is 0.182. The third kappa shape index (κ3) is 2.34. The lowest BCUT2D eigenvalue weighted by Gasteiger charge is -1.94. The lowest BCUT2D eigenvalue weighted by molar-refractivity contribution is 0.185. The van der Waals surface area contributed by atoms with Crippen molar-refractivity contribution in [3.63, 3.8) is 0 Å². The van der Waals surface area contributed by atoms with Gasteiger partial charge in [-0.1, -0.05) is 12.1 Å². The molecule has 3 nitrogen and oxygen atoms in total. The van der Waals surface area contributed by atoms with Crippen LogP contribution in [0, 0.1) is 0 Å². The number of aromatic nitrogens is 1. The molecule has 0 saturated heterocycles. The van der Waals surface area contributed by atoms with Gasteiger partial charge in [0.2, 0.25) is 0 Å². The molecule has 0 bridgehead atoms. The molecule has 1 heterocycles. The summed E-state index contributed by atoms with van der Waals surface area (Å²) in [5.41, 5.74) is 0.957. The average Bonchev–Trinajstić information content (AvgIpc) is 2.59. The van der Waals surface area contributed by atoms with Crippen LogP contribution in [0.1, 0.15) is 5.01 Å². The largest absolute Gasteiger partial charge is 0.510 e. The van der Waals surface area contributed by atoms with Gasteiger partial charge >= 0.3 is 0 Å². The zero-order valence-corrected chi connectivity index (χ0v) is 9.12. The average molecular weight is 221 g/mol. The Morgan fingerprint density at radius 2 is 2.33 bits per heavy atom. The summed E-state index contributed by atoms with van der Waals surface area (Å²) in [6, 6.07) is 7.89. The summed E-state index contributed by atoms with van der Waals surface area (Å²) in [7, 11) is 1.54. The molecule has 15 heavy (non-hydrogen) atoms. The smallest absolute Gasteiger partial charge is 0.121 e. The summed E-state index contributed by atoms with van der Waals surface area (Å²) in [6.45, 7) is 0.218. The number of thiazole rings is 1. The predicted octanol–water partition coefficient (Wildman–Crippen LogP) is 2.84. The zero-order chi connectivity index (χ0) is 10.7. The highest BCUT2D eigenvalue weighted by Crippen LogP contribution is 2.22. The summed E-state index contributed by atoms with van der Waals surface area (Å²) in [5.74, 6) is 0.191. The lowest BCUT2D eigenvalue weighted by atomic mass is 10.3. The topological polar surface area (TPSA) is 42.4 Å². The number of ether oxygens (including phenoxy) is 1. The highest BCUT2D eigenvalue weighted by Gasteiger charge is 2.01. The maximum absolute atomic E-state index is 9.43. The van der Waals surface area contributed by atoms with Crippen LogP contribution in [0.25, 0.3) is 16.3 Å². The van der Waals surface area contributed by atoms with Crippen LogP contribution in [0.5, 0.6) is 0 Å². The first-order chi connectivity index (χ1) is 7.29. The van der Waals surface area contributed by atoms with E-state index in [1.54, 1.807) is 24.5 Å². The van der Waals surface area contributed by atoms with Crippen molar-refractivity contribution in [2.24, 2.45) is 0 Å². The number of aliphatic hydroxyl groups excluding tert-OH is 1. The molecular weight excluding hydrogens is 210 g/mol. The molecule has 0 fully saturated rings. The number of hydrogen-bond donors (Lipinski definition) is 1. The van der Waals surface area contributed by atoms with Crippen molar-refractivity contribution >= 4 is 27.6 Å². The van der Waals surface area contributed by atoms with Gasteiger partial charge in [0.05, 0.1) is 10.2 Å². The SMILES string of the molecule is COCC(O)=Cc1nc2ccccc2s1. The van der Waals surface area contributed by atoms with Gasteiger partial charge < -0.3 is 9.84 Å². The van der Waals surface area contributed by atoms with E-state index < -0.39 is 0 Å². The fourth-order valence-corrected chi connectivity index (χ4v) is 2.21. The van der Waals surface area contributed by atoms with Crippen molar-refractivity contribution in [3.05, 3.63) is 35.0 Å². The molecule has 0 spiro atoms. The number of rotatable bonds is 3. The van der Waals surface area contributed by atoms with Crippen LogP contribution < -0.4 is 0 Å². The summed E-state index contributed by atoms with van der Waals surface area (Å²) in [6.07, 6.45) is 1.63. The van der Waals surface area contributed by atoms with E-state index in [9.17, 15) is 5.11 Å². The number of benzene rings is 1. The normalized spacial score (nSPS) is 12.2. The van der Waals surface area contributed by atoms with E-state index in [2.05, 4.69) is 4.98 Å². The van der Waals surface area contributed by atoms with E-state index in [1.807, 2.05) is 24.3 Å². The molecule has 2 aromatic rings. The fourth-order valence-electron chi connectivity index (χ4n) is 1.28. The minimum absolute atomic E-state index is 0.191. The van der Waals surface area contributed by atoms with Gasteiger partial charge in [-0.3, -0.25) is 0 Å². The Kier molecular flexibility index (Phi) is 2.99. The van der Waals surface area contributed by atoms with Crippen LogP contribution in [0.4, 0.5) is 0 Å². The molecule has 0 aliphatic heterocycles. The minimum Gasteiger partial charge on any atom is -0.510 e. The standard InChI is InChI=1S/C11H11NO2S/c1-14-7-8(13)6-11-12-9-4-2-3-5-10(9)15-11/h2-6,13H,7H2,1H3. The Hall–Kier alpha value is -1.39. The second kappa shape index (κ2) is 4.42. The molecule has 1 N–H and O–H groups in total. The molecule has 0 aliphatic carbocycles. The number of hydrogen-bond acceptors (Lipinski definition) is 4. The molecule has 0 atom stereocenters. The molecule has 0 aliphatic rings. The third-order valence-electron chi connectivity index (χ3n) is 1.89. The Bertz CT molecular complexity index is 457. The number of fused-ring (bicyclic) bond motifs is 1. The highest BCUT2D eigenvalue weighted by atomic mass is 32.1. The lowest BCUT2D eigenvalue weighted by Crippen LogP contribution is -1.91. The first-order valence-electron chi connectivity index (χ1n) is 4.53. The van der Waals surface area contributed by atoms with Crippen LogP contribution in [0.2, 0.25) is 0 Å². The quantitative estimate of drug-likeness (QED) is 0.810. The first kappa shape index (κ1) is 10.1. The van der Waals surface area contributed by atoms with Crippen molar-refractivity contribution in [2.75, 3.05) is 13.7 Å². The van der Waals surface area contributed by atoms with Crippen LogP contribution in [-0.2, 0) is 4.74 Å². The molecular formula is C11H11NO2S. The van der Waals surface area contributed by atoms with Gasteiger partial charge in [-0.05, 0) is 12.1 Å². The van der Waals surface area contributed by atoms with Crippen molar-refractivity contribution in [1.82, 2.24) is 4.98 Å². The van der Waals surface area contributed by atoms with E-state index in [-0.39, 0.29) is 12.4 Å². The van der Waals surface area contributed by atoms with Crippen molar-refractivity contribution in [2.45, 2.75) is 0 Å². The summed E-state index contributed by atoms with van der Waals surface area (Å²) < 4.78 is 5.93. The minimum atomic E-state index is 0.191. The van der Waals surface area contributed by atoms with Crippen molar-refractivity contribution in [1.29, 1.82) is 0 Å². The Labute approximate surface area is 91.7 Å². The summed E-state index contributed by atoms with van der Waals surface area (Å²) in [5, 5.41) is 10.2. The highest BCUT2D eigenvalue weighted by molar-refractivity contribution is 7.19. The van der Waals surface area contributed by atoms with Gasteiger partial charge in [0, 0.05) is 13.2 Å². The van der Waals surface area contributed by atoms with E-state index in [1.165, 1.54) is 0 Å². The molecule has 2 rings (SSSR count). The first-order valence-corrected chi connectivity index (χ1v) is 5.35. The third-order valence-corrected chi connectivity index (χ3v) is 2.88. The molecule has 0 radical (unpaired) electrons. The molecule has 0 unspecified atom stereocenters. The van der Waals surface area contributed by atoms with Gasteiger partial charge in [-0.15, -0.1) is 11.3 Å². The van der Waals surface area contributed by atoms with Crippen LogP contribution in [0.15, 0.2) is 30.0 Å². The van der Waals surface area contributed by atoms with Gasteiger partial charge in [-0.25, -0.2) is 4.98 Å². The summed E-state index contributed by atoms with van der Waals surface area (Å²) >= 11 is 1.55. The zero-order valence-electron chi connectivity index (χ0n) is 8.30. The predicted molar refractivity (Wildman–Crippen MR) is 62.1 cm³/mol. The van der Waals surface area contributed by atoms with E-state index in [0.29, 0.717) is 0 Å². The number of para-hydroxylation sites is 1. The molecule has 1 aromatic heterocycles. The molecule has 4 heteroatoms. The monoisotopic (exact) mass is 221 g/mol. The van der Waals surface area contributed by atoms with Gasteiger partial charge in [-0.2, -0.15) is 0 Å². The van der Waals surface area contributed by atoms with E-state index in [4.69, 9.17) is 4.74 Å². The molecule has 1 aromatic carbocycles. The van der Waals surface area contributed by atoms with E-state index in [0.717, 1.165) is 15.2 Å². The Balaban J connectivity index is 2.33. The molecule has 78 valence electrons. The number of methoxy groups -OCH3 is 1. The summed E-state index contributed by atoms with van der Waals surface area (Å²) in [4.78, 5) is 4.36. The number of aliphatic hydroxyl groups is 1. The van der Waals surface area contributed by atoms with Crippen molar-refractivity contribution in [3.8, 4) is 0 Å². The number of nitrogens with zero attached hydrogens (tertiary/aromatic N) is 1. The second-order valence-corrected chi connectivity index (χ2v) is 4.15. The van der Waals surface area contributed by atoms with Crippen LogP contribution >= 0.6 is 11.3 Å².